The van der Waals surface area contributed by atoms with Crippen molar-refractivity contribution in [3.8, 4) is 5.69 Å². The average molecular weight is 327 g/mol. The Morgan fingerprint density at radius 3 is 2.29 bits per heavy atom. The molecule has 3 rings (SSSR count). The topological polar surface area (TPSA) is 47.4 Å². The summed E-state index contributed by atoms with van der Waals surface area (Å²) < 4.78 is 7.34. The first-order chi connectivity index (χ1) is 11.2. The number of carbonyl (C=O) groups excluding carboxylic acids is 1. The van der Waals surface area contributed by atoms with Gasteiger partial charge in [0.25, 0.3) is 0 Å². The molecular weight excluding hydrogens is 302 g/mol. The molecule has 0 bridgehead atoms. The summed E-state index contributed by atoms with van der Waals surface area (Å²) in [4.78, 5) is 13.7. The number of ether oxygens (including phenoxy) is 1. The number of hydrogen-bond acceptors (Lipinski definition) is 3. The fourth-order valence-corrected chi connectivity index (χ4v) is 2.94. The van der Waals surface area contributed by atoms with E-state index in [0.717, 1.165) is 17.1 Å². The van der Waals surface area contributed by atoms with Gasteiger partial charge < -0.3 is 9.64 Å². The van der Waals surface area contributed by atoms with E-state index in [-0.39, 0.29) is 6.09 Å². The normalized spacial score (nSPS) is 15.3. The molecule has 5 nitrogen and oxygen atoms in total. The summed E-state index contributed by atoms with van der Waals surface area (Å²) >= 11 is 0. The summed E-state index contributed by atoms with van der Waals surface area (Å²) in [6.07, 6.45) is -0.224. The Kier molecular flexibility index (Phi) is 4.11. The zero-order valence-corrected chi connectivity index (χ0v) is 15.0. The number of rotatable bonds is 2. The van der Waals surface area contributed by atoms with Crippen LogP contribution in [0.5, 0.6) is 0 Å². The van der Waals surface area contributed by atoms with E-state index in [0.29, 0.717) is 19.0 Å². The molecule has 0 N–H and O–H groups in total. The van der Waals surface area contributed by atoms with Crippen LogP contribution in [-0.4, -0.2) is 39.5 Å². The summed E-state index contributed by atoms with van der Waals surface area (Å²) in [5, 5.41) is 4.51. The lowest BCUT2D eigenvalue weighted by atomic mass is 9.92. The first kappa shape index (κ1) is 16.6. The highest BCUT2D eigenvalue weighted by molar-refractivity contribution is 5.69. The lowest BCUT2D eigenvalue weighted by molar-refractivity contribution is 0.00819. The number of amides is 1. The van der Waals surface area contributed by atoms with Crippen molar-refractivity contribution in [1.82, 2.24) is 14.7 Å². The van der Waals surface area contributed by atoms with Crippen LogP contribution in [-0.2, 0) is 4.74 Å². The van der Waals surface area contributed by atoms with Gasteiger partial charge >= 0.3 is 6.09 Å². The van der Waals surface area contributed by atoms with Crippen molar-refractivity contribution >= 4 is 6.09 Å². The molecule has 0 unspecified atom stereocenters. The minimum Gasteiger partial charge on any atom is -0.444 e. The molecule has 1 aromatic heterocycles. The molecular formula is C19H25N3O2. The van der Waals surface area contributed by atoms with Gasteiger partial charge in [0.1, 0.15) is 5.60 Å². The van der Waals surface area contributed by atoms with E-state index in [1.807, 2.05) is 32.4 Å². The SMILES string of the molecule is Cc1cc(C)n(-c2ccc(C3CN(C(=O)OC(C)(C)C)C3)cc2)n1. The summed E-state index contributed by atoms with van der Waals surface area (Å²) in [6, 6.07) is 10.5. The van der Waals surface area contributed by atoms with E-state index >= 15 is 0 Å². The lowest BCUT2D eigenvalue weighted by Crippen LogP contribution is -2.50. The van der Waals surface area contributed by atoms with Crippen molar-refractivity contribution in [1.29, 1.82) is 0 Å². The van der Waals surface area contributed by atoms with Crippen LogP contribution in [0, 0.1) is 13.8 Å². The van der Waals surface area contributed by atoms with Crippen LogP contribution in [0.3, 0.4) is 0 Å². The molecule has 2 aromatic rings. The Morgan fingerprint density at radius 2 is 1.79 bits per heavy atom. The number of hydrogen-bond donors (Lipinski definition) is 0. The molecule has 0 radical (unpaired) electrons. The van der Waals surface area contributed by atoms with Crippen LogP contribution in [0.25, 0.3) is 5.69 Å². The molecule has 1 amide bonds. The number of nitrogens with zero attached hydrogens (tertiary/aromatic N) is 3. The van der Waals surface area contributed by atoms with Crippen molar-refractivity contribution in [2.45, 2.75) is 46.1 Å². The molecule has 24 heavy (non-hydrogen) atoms. The van der Waals surface area contributed by atoms with Gasteiger partial charge in [0.15, 0.2) is 0 Å². The third-order valence-electron chi connectivity index (χ3n) is 4.15. The van der Waals surface area contributed by atoms with Gasteiger partial charge in [0.05, 0.1) is 11.4 Å². The Labute approximate surface area is 143 Å². The van der Waals surface area contributed by atoms with Gasteiger partial charge in [-0.2, -0.15) is 5.10 Å². The molecule has 0 saturated carbocycles. The van der Waals surface area contributed by atoms with Crippen LogP contribution in [0.2, 0.25) is 0 Å². The molecule has 1 aliphatic heterocycles. The lowest BCUT2D eigenvalue weighted by Gasteiger charge is -2.40. The van der Waals surface area contributed by atoms with Gasteiger partial charge in [-0.15, -0.1) is 0 Å². The summed E-state index contributed by atoms with van der Waals surface area (Å²) in [7, 11) is 0. The van der Waals surface area contributed by atoms with Gasteiger partial charge in [-0.1, -0.05) is 12.1 Å². The van der Waals surface area contributed by atoms with Crippen molar-refractivity contribution in [3.63, 3.8) is 0 Å². The van der Waals surface area contributed by atoms with E-state index < -0.39 is 5.60 Å². The number of likely N-dealkylation sites (tertiary alicyclic amines) is 1. The van der Waals surface area contributed by atoms with E-state index in [9.17, 15) is 4.79 Å². The second-order valence-electron chi connectivity index (χ2n) is 7.51. The highest BCUT2D eigenvalue weighted by atomic mass is 16.6. The van der Waals surface area contributed by atoms with Crippen LogP contribution in [0.4, 0.5) is 4.79 Å². The predicted molar refractivity (Wildman–Crippen MR) is 93.6 cm³/mol. The third kappa shape index (κ3) is 3.45. The smallest absolute Gasteiger partial charge is 0.410 e. The summed E-state index contributed by atoms with van der Waals surface area (Å²) in [5.41, 5.74) is 4.01. The maximum absolute atomic E-state index is 12.0. The number of carbonyl (C=O) groups is 1. The molecule has 0 atom stereocenters. The Bertz CT molecular complexity index is 735. The molecule has 1 aromatic carbocycles. The van der Waals surface area contributed by atoms with Crippen molar-refractivity contribution in [2.75, 3.05) is 13.1 Å². The van der Waals surface area contributed by atoms with Gasteiger partial charge in [-0.25, -0.2) is 9.48 Å². The molecule has 1 fully saturated rings. The molecule has 2 heterocycles. The maximum atomic E-state index is 12.0. The first-order valence-electron chi connectivity index (χ1n) is 8.34. The zero-order valence-electron chi connectivity index (χ0n) is 15.0. The van der Waals surface area contributed by atoms with Crippen LogP contribution >= 0.6 is 0 Å². The van der Waals surface area contributed by atoms with Gasteiger partial charge in [0, 0.05) is 24.7 Å². The van der Waals surface area contributed by atoms with Gasteiger partial charge in [-0.05, 0) is 58.4 Å². The Balaban J connectivity index is 1.62. The standard InChI is InChI=1S/C19H25N3O2/c1-13-10-14(2)22(20-13)17-8-6-15(7-9-17)16-11-21(12-16)18(23)24-19(3,4)5/h6-10,16H,11-12H2,1-5H3. The van der Waals surface area contributed by atoms with Crippen molar-refractivity contribution in [2.24, 2.45) is 0 Å². The predicted octanol–water partition coefficient (Wildman–Crippen LogP) is 3.82. The molecule has 1 aliphatic rings. The largest absolute Gasteiger partial charge is 0.444 e. The molecule has 0 spiro atoms. The van der Waals surface area contributed by atoms with Gasteiger partial charge in [0.2, 0.25) is 0 Å². The molecule has 128 valence electrons. The quantitative estimate of drug-likeness (QED) is 0.842. The highest BCUT2D eigenvalue weighted by Crippen LogP contribution is 2.29. The number of benzene rings is 1. The molecule has 5 heteroatoms. The Morgan fingerprint density at radius 1 is 1.17 bits per heavy atom. The fourth-order valence-electron chi connectivity index (χ4n) is 2.94. The highest BCUT2D eigenvalue weighted by Gasteiger charge is 2.34. The third-order valence-corrected chi connectivity index (χ3v) is 4.15. The monoisotopic (exact) mass is 327 g/mol. The molecule has 1 saturated heterocycles. The van der Waals surface area contributed by atoms with E-state index in [4.69, 9.17) is 4.74 Å². The summed E-state index contributed by atoms with van der Waals surface area (Å²) in [6.45, 7) is 11.2. The Hall–Kier alpha value is -2.30. The van der Waals surface area contributed by atoms with Crippen LogP contribution in [0.15, 0.2) is 30.3 Å². The van der Waals surface area contributed by atoms with Crippen LogP contribution in [0.1, 0.15) is 43.6 Å². The maximum Gasteiger partial charge on any atom is 0.410 e. The minimum absolute atomic E-state index is 0.224. The second kappa shape index (κ2) is 5.96. The van der Waals surface area contributed by atoms with Crippen molar-refractivity contribution in [3.05, 3.63) is 47.3 Å². The van der Waals surface area contributed by atoms with Gasteiger partial charge in [-0.3, -0.25) is 0 Å². The number of aryl methyl sites for hydroxylation is 2. The van der Waals surface area contributed by atoms with Crippen molar-refractivity contribution < 1.29 is 9.53 Å². The zero-order chi connectivity index (χ0) is 17.5. The van der Waals surface area contributed by atoms with Crippen LogP contribution < -0.4 is 0 Å². The number of aromatic nitrogens is 2. The minimum atomic E-state index is -0.441. The first-order valence-corrected chi connectivity index (χ1v) is 8.34. The second-order valence-corrected chi connectivity index (χ2v) is 7.51. The fraction of sp³-hybridized carbons (Fsp3) is 0.474. The van der Waals surface area contributed by atoms with E-state index in [2.05, 4.69) is 42.4 Å². The average Bonchev–Trinajstić information content (AvgIpc) is 2.75. The van der Waals surface area contributed by atoms with E-state index in [1.165, 1.54) is 5.56 Å². The molecule has 0 aliphatic carbocycles. The van der Waals surface area contributed by atoms with E-state index in [1.54, 1.807) is 4.90 Å². The summed E-state index contributed by atoms with van der Waals surface area (Å²) in [5.74, 6) is 0.382.